The van der Waals surface area contributed by atoms with E-state index in [-0.39, 0.29) is 0 Å². The van der Waals surface area contributed by atoms with E-state index >= 15 is 0 Å². The number of hydrogen-bond acceptors (Lipinski definition) is 1. The molecule has 2 rings (SSSR count). The Hall–Kier alpha value is -1.76. The Morgan fingerprint density at radius 3 is 2.00 bits per heavy atom. The Bertz CT molecular complexity index is 463. The highest BCUT2D eigenvalue weighted by molar-refractivity contribution is 5.62. The highest BCUT2D eigenvalue weighted by Gasteiger charge is 2.00. The molecule has 0 fully saturated rings. The lowest BCUT2D eigenvalue weighted by atomic mass is 10.0. The van der Waals surface area contributed by atoms with E-state index in [1.54, 1.807) is 0 Å². The average molecular weight is 210 g/mol. The zero-order valence-corrected chi connectivity index (χ0v) is 9.96. The first-order chi connectivity index (χ1) is 7.66. The third-order valence-electron chi connectivity index (χ3n) is 2.93. The fraction of sp³-hybridized carbons (Fsp3) is 0.200. The van der Waals surface area contributed by atoms with Crippen LogP contribution in [-0.2, 0) is 0 Å². The second-order valence-corrected chi connectivity index (χ2v) is 4.15. The maximum absolute atomic E-state index is 3.39. The van der Waals surface area contributed by atoms with Gasteiger partial charge in [-0.25, -0.2) is 0 Å². The van der Waals surface area contributed by atoms with Crippen molar-refractivity contribution in [2.75, 3.05) is 5.32 Å². The van der Waals surface area contributed by atoms with Crippen LogP contribution in [0.15, 0.2) is 36.4 Å². The Labute approximate surface area is 97.1 Å². The van der Waals surface area contributed by atoms with Crippen molar-refractivity contribution in [2.24, 2.45) is 0 Å². The van der Waals surface area contributed by atoms with Crippen LogP contribution >= 0.6 is 0 Å². The van der Waals surface area contributed by atoms with Crippen molar-refractivity contribution in [3.8, 4) is 0 Å². The topological polar surface area (TPSA) is 12.0 Å². The third-order valence-corrected chi connectivity index (χ3v) is 2.93. The van der Waals surface area contributed by atoms with Crippen LogP contribution in [0.3, 0.4) is 0 Å². The van der Waals surface area contributed by atoms with Crippen molar-refractivity contribution in [1.29, 1.82) is 0 Å². The summed E-state index contributed by atoms with van der Waals surface area (Å²) < 4.78 is 0. The standard InChI is InChI=1S/C15H16N/c1-11-9-15(10-12(2)13(11)3)16-14-7-5-4-6-8-14/h5-10,16H,1-3H3. The van der Waals surface area contributed by atoms with Crippen LogP contribution in [0.5, 0.6) is 0 Å². The van der Waals surface area contributed by atoms with E-state index in [9.17, 15) is 0 Å². The summed E-state index contributed by atoms with van der Waals surface area (Å²) in [5, 5.41) is 3.39. The van der Waals surface area contributed by atoms with Gasteiger partial charge in [0.1, 0.15) is 0 Å². The third kappa shape index (κ3) is 2.25. The monoisotopic (exact) mass is 210 g/mol. The van der Waals surface area contributed by atoms with Gasteiger partial charge in [0, 0.05) is 11.4 Å². The highest BCUT2D eigenvalue weighted by Crippen LogP contribution is 2.22. The van der Waals surface area contributed by atoms with Crippen LogP contribution in [0.2, 0.25) is 0 Å². The van der Waals surface area contributed by atoms with E-state index in [1.165, 1.54) is 16.7 Å². The van der Waals surface area contributed by atoms with Crippen molar-refractivity contribution in [3.63, 3.8) is 0 Å². The van der Waals surface area contributed by atoms with Gasteiger partial charge in [-0.15, -0.1) is 0 Å². The normalized spacial score (nSPS) is 10.2. The first-order valence-electron chi connectivity index (χ1n) is 5.48. The maximum atomic E-state index is 3.39. The molecule has 0 atom stereocenters. The van der Waals surface area contributed by atoms with Gasteiger partial charge in [-0.3, -0.25) is 0 Å². The second-order valence-electron chi connectivity index (χ2n) is 4.15. The van der Waals surface area contributed by atoms with Gasteiger partial charge in [0.15, 0.2) is 0 Å². The number of aryl methyl sites for hydroxylation is 2. The SMILES string of the molecule is Cc1cc(Nc2cc[c]cc2)cc(C)c1C. The van der Waals surface area contributed by atoms with Crippen LogP contribution in [0, 0.1) is 26.8 Å². The molecule has 1 N–H and O–H groups in total. The predicted octanol–water partition coefficient (Wildman–Crippen LogP) is 4.16. The minimum absolute atomic E-state index is 1.10. The van der Waals surface area contributed by atoms with E-state index < -0.39 is 0 Å². The van der Waals surface area contributed by atoms with Crippen molar-refractivity contribution in [1.82, 2.24) is 0 Å². The summed E-state index contributed by atoms with van der Waals surface area (Å²) in [7, 11) is 0. The van der Waals surface area contributed by atoms with Crippen LogP contribution < -0.4 is 5.32 Å². The summed E-state index contributed by atoms with van der Waals surface area (Å²) >= 11 is 0. The molecule has 81 valence electrons. The van der Waals surface area contributed by atoms with E-state index in [4.69, 9.17) is 0 Å². The molecule has 2 aromatic carbocycles. The van der Waals surface area contributed by atoms with Gasteiger partial charge >= 0.3 is 0 Å². The van der Waals surface area contributed by atoms with Crippen molar-refractivity contribution < 1.29 is 0 Å². The summed E-state index contributed by atoms with van der Waals surface area (Å²) in [5.74, 6) is 0. The molecular formula is C15H16N. The number of nitrogens with one attached hydrogen (secondary N) is 1. The molecule has 0 heterocycles. The Morgan fingerprint density at radius 2 is 1.44 bits per heavy atom. The van der Waals surface area contributed by atoms with Gasteiger partial charge in [-0.05, 0) is 67.8 Å². The molecule has 0 aromatic heterocycles. The zero-order valence-electron chi connectivity index (χ0n) is 9.96. The summed E-state index contributed by atoms with van der Waals surface area (Å²) in [5.41, 5.74) is 6.26. The molecular weight excluding hydrogens is 194 g/mol. The van der Waals surface area contributed by atoms with E-state index in [1.807, 2.05) is 24.3 Å². The summed E-state index contributed by atoms with van der Waals surface area (Å²) in [6.45, 7) is 6.45. The fourth-order valence-corrected chi connectivity index (χ4v) is 1.74. The molecule has 16 heavy (non-hydrogen) atoms. The molecule has 0 aliphatic rings. The first kappa shape index (κ1) is 10.7. The number of anilines is 2. The van der Waals surface area contributed by atoms with Crippen LogP contribution in [0.25, 0.3) is 0 Å². The Balaban J connectivity index is 2.29. The Kier molecular flexibility index (Phi) is 2.95. The second kappa shape index (κ2) is 4.40. The molecule has 0 bridgehead atoms. The molecule has 0 spiro atoms. The fourth-order valence-electron chi connectivity index (χ4n) is 1.74. The highest BCUT2D eigenvalue weighted by atomic mass is 14.9. The number of benzene rings is 2. The quantitative estimate of drug-likeness (QED) is 0.785. The summed E-state index contributed by atoms with van der Waals surface area (Å²) in [6.07, 6.45) is 0. The van der Waals surface area contributed by atoms with Gasteiger partial charge in [0.25, 0.3) is 0 Å². The van der Waals surface area contributed by atoms with E-state index in [0.717, 1.165) is 11.4 Å². The van der Waals surface area contributed by atoms with Crippen molar-refractivity contribution in [3.05, 3.63) is 59.2 Å². The zero-order chi connectivity index (χ0) is 11.5. The number of hydrogen-bond donors (Lipinski definition) is 1. The molecule has 0 amide bonds. The van der Waals surface area contributed by atoms with Crippen LogP contribution in [0.1, 0.15) is 16.7 Å². The van der Waals surface area contributed by atoms with Gasteiger partial charge in [-0.1, -0.05) is 12.1 Å². The smallest absolute Gasteiger partial charge is 0.0389 e. The Morgan fingerprint density at radius 1 is 0.875 bits per heavy atom. The van der Waals surface area contributed by atoms with E-state index in [0.29, 0.717) is 0 Å². The van der Waals surface area contributed by atoms with Crippen LogP contribution in [-0.4, -0.2) is 0 Å². The molecule has 0 unspecified atom stereocenters. The lowest BCUT2D eigenvalue weighted by molar-refractivity contribution is 1.26. The molecule has 0 saturated heterocycles. The van der Waals surface area contributed by atoms with Gasteiger partial charge in [-0.2, -0.15) is 0 Å². The molecule has 0 aliphatic heterocycles. The molecule has 1 heteroatoms. The van der Waals surface area contributed by atoms with E-state index in [2.05, 4.69) is 44.3 Å². The molecule has 0 saturated carbocycles. The summed E-state index contributed by atoms with van der Waals surface area (Å²) in [6, 6.07) is 15.2. The maximum Gasteiger partial charge on any atom is 0.0389 e. The molecule has 1 nitrogen and oxygen atoms in total. The van der Waals surface area contributed by atoms with Gasteiger partial charge in [0.05, 0.1) is 0 Å². The lowest BCUT2D eigenvalue weighted by Crippen LogP contribution is -1.94. The molecule has 2 aromatic rings. The molecule has 1 radical (unpaired) electrons. The van der Waals surface area contributed by atoms with Crippen molar-refractivity contribution in [2.45, 2.75) is 20.8 Å². The van der Waals surface area contributed by atoms with Crippen molar-refractivity contribution >= 4 is 11.4 Å². The lowest BCUT2D eigenvalue weighted by Gasteiger charge is -2.11. The van der Waals surface area contributed by atoms with Gasteiger partial charge in [0.2, 0.25) is 0 Å². The first-order valence-corrected chi connectivity index (χ1v) is 5.48. The average Bonchev–Trinajstić information content (AvgIpc) is 2.27. The minimum atomic E-state index is 1.10. The largest absolute Gasteiger partial charge is 0.356 e. The summed E-state index contributed by atoms with van der Waals surface area (Å²) in [4.78, 5) is 0. The molecule has 0 aliphatic carbocycles. The van der Waals surface area contributed by atoms with Crippen LogP contribution in [0.4, 0.5) is 11.4 Å². The minimum Gasteiger partial charge on any atom is -0.356 e. The predicted molar refractivity (Wildman–Crippen MR) is 69.2 cm³/mol. The number of rotatable bonds is 2. The van der Waals surface area contributed by atoms with Gasteiger partial charge < -0.3 is 5.32 Å².